The van der Waals surface area contributed by atoms with Gasteiger partial charge in [-0.3, -0.25) is 4.79 Å². The number of nitrogens with one attached hydrogen (secondary N) is 2. The van der Waals surface area contributed by atoms with Gasteiger partial charge in [-0.25, -0.2) is 4.98 Å². The number of amides is 1. The molecule has 2 N–H and O–H groups in total. The lowest BCUT2D eigenvalue weighted by Gasteiger charge is -2.08. The molecule has 4 nitrogen and oxygen atoms in total. The molecule has 0 unspecified atom stereocenters. The molecule has 0 atom stereocenters. The molecule has 0 fully saturated rings. The predicted molar refractivity (Wildman–Crippen MR) is 81.0 cm³/mol. The fraction of sp³-hybridized carbons (Fsp3) is 0.0769. The van der Waals surface area contributed by atoms with E-state index in [9.17, 15) is 4.79 Å². The topological polar surface area (TPSA) is 54.0 Å². The Balaban J connectivity index is 2.13. The molecule has 0 bridgehead atoms. The van der Waals surface area contributed by atoms with E-state index < -0.39 is 0 Å². The van der Waals surface area contributed by atoms with Crippen molar-refractivity contribution >= 4 is 50.6 Å². The summed E-state index contributed by atoms with van der Waals surface area (Å²) in [7, 11) is 0. The number of pyridine rings is 1. The van der Waals surface area contributed by atoms with Crippen LogP contribution in [0, 0.1) is 0 Å². The minimum absolute atomic E-state index is 0.0946. The zero-order chi connectivity index (χ0) is 13.8. The molecule has 0 radical (unpaired) electrons. The van der Waals surface area contributed by atoms with Crippen LogP contribution in [0.3, 0.4) is 0 Å². The highest BCUT2D eigenvalue weighted by atomic mass is 79.9. The van der Waals surface area contributed by atoms with Crippen LogP contribution in [0.4, 0.5) is 17.2 Å². The SMILES string of the molecule is CC(=O)Nc1ccc(Nc2ncc(Cl)cc2Br)cc1. The number of halogens is 2. The van der Waals surface area contributed by atoms with Crippen LogP contribution in [0.1, 0.15) is 6.92 Å². The van der Waals surface area contributed by atoms with Crippen LogP contribution in [-0.4, -0.2) is 10.9 Å². The van der Waals surface area contributed by atoms with Crippen LogP contribution in [-0.2, 0) is 4.79 Å². The summed E-state index contributed by atoms with van der Waals surface area (Å²) in [5.74, 6) is 0.583. The highest BCUT2D eigenvalue weighted by Crippen LogP contribution is 2.26. The van der Waals surface area contributed by atoms with Crippen molar-refractivity contribution in [3.8, 4) is 0 Å². The maximum Gasteiger partial charge on any atom is 0.221 e. The summed E-state index contributed by atoms with van der Waals surface area (Å²) in [5, 5.41) is 6.42. The normalized spacial score (nSPS) is 10.1. The first-order chi connectivity index (χ1) is 9.04. The molecule has 2 aromatic rings. The third-order valence-corrected chi connectivity index (χ3v) is 3.09. The van der Waals surface area contributed by atoms with Gasteiger partial charge in [-0.1, -0.05) is 11.6 Å². The molecule has 0 saturated carbocycles. The summed E-state index contributed by atoms with van der Waals surface area (Å²) in [6, 6.07) is 9.10. The number of carbonyl (C=O) groups excluding carboxylic acids is 1. The highest BCUT2D eigenvalue weighted by Gasteiger charge is 2.03. The molecule has 0 aliphatic carbocycles. The van der Waals surface area contributed by atoms with E-state index in [2.05, 4.69) is 31.5 Å². The number of anilines is 3. The average molecular weight is 341 g/mol. The first-order valence-corrected chi connectivity index (χ1v) is 6.67. The van der Waals surface area contributed by atoms with Crippen LogP contribution in [0.2, 0.25) is 5.02 Å². The molecule has 0 spiro atoms. The fourth-order valence-corrected chi connectivity index (χ4v) is 2.22. The molecule has 6 heteroatoms. The predicted octanol–water partition coefficient (Wildman–Crippen LogP) is 4.20. The second-order valence-corrected chi connectivity index (χ2v) is 5.16. The fourth-order valence-electron chi connectivity index (χ4n) is 1.48. The van der Waals surface area contributed by atoms with Gasteiger partial charge in [0.1, 0.15) is 5.82 Å². The van der Waals surface area contributed by atoms with Crippen molar-refractivity contribution in [2.24, 2.45) is 0 Å². The molecule has 1 aromatic carbocycles. The van der Waals surface area contributed by atoms with Crippen LogP contribution < -0.4 is 10.6 Å². The Kier molecular flexibility index (Phi) is 4.39. The van der Waals surface area contributed by atoms with Gasteiger partial charge in [-0.15, -0.1) is 0 Å². The lowest BCUT2D eigenvalue weighted by atomic mass is 10.2. The third kappa shape index (κ3) is 3.94. The number of carbonyl (C=O) groups is 1. The number of hydrogen-bond donors (Lipinski definition) is 2. The maximum absolute atomic E-state index is 10.9. The first-order valence-electron chi connectivity index (χ1n) is 5.50. The quantitative estimate of drug-likeness (QED) is 0.880. The number of benzene rings is 1. The van der Waals surface area contributed by atoms with Gasteiger partial charge in [0, 0.05) is 24.5 Å². The van der Waals surface area contributed by atoms with Crippen LogP contribution in [0.25, 0.3) is 0 Å². The van der Waals surface area contributed by atoms with Crippen molar-refractivity contribution in [2.75, 3.05) is 10.6 Å². The van der Waals surface area contributed by atoms with Crippen molar-refractivity contribution in [1.29, 1.82) is 0 Å². The van der Waals surface area contributed by atoms with Crippen LogP contribution >= 0.6 is 27.5 Å². The Morgan fingerprint density at radius 1 is 1.26 bits per heavy atom. The maximum atomic E-state index is 10.9. The highest BCUT2D eigenvalue weighted by molar-refractivity contribution is 9.10. The van der Waals surface area contributed by atoms with Crippen LogP contribution in [0.15, 0.2) is 41.0 Å². The molecule has 2 rings (SSSR count). The van der Waals surface area contributed by atoms with E-state index in [4.69, 9.17) is 11.6 Å². The summed E-state index contributed by atoms with van der Waals surface area (Å²) >= 11 is 9.21. The van der Waals surface area contributed by atoms with Gasteiger partial charge < -0.3 is 10.6 Å². The molecule has 0 aliphatic rings. The van der Waals surface area contributed by atoms with Crippen molar-refractivity contribution in [1.82, 2.24) is 4.98 Å². The largest absolute Gasteiger partial charge is 0.339 e. The van der Waals surface area contributed by atoms with Gasteiger partial charge in [0.2, 0.25) is 5.91 Å². The van der Waals surface area contributed by atoms with E-state index in [1.54, 1.807) is 12.3 Å². The van der Waals surface area contributed by atoms with E-state index in [1.165, 1.54) is 6.92 Å². The van der Waals surface area contributed by atoms with Gasteiger partial charge in [-0.2, -0.15) is 0 Å². The minimum atomic E-state index is -0.0946. The zero-order valence-corrected chi connectivity index (χ0v) is 12.4. The Bertz CT molecular complexity index is 601. The van der Waals surface area contributed by atoms with Crippen molar-refractivity contribution in [3.63, 3.8) is 0 Å². The lowest BCUT2D eigenvalue weighted by Crippen LogP contribution is -2.05. The summed E-state index contributed by atoms with van der Waals surface area (Å²) in [6.45, 7) is 1.47. The molecule has 1 amide bonds. The number of nitrogens with zero attached hydrogens (tertiary/aromatic N) is 1. The molecular weight excluding hydrogens is 330 g/mol. The second-order valence-electron chi connectivity index (χ2n) is 3.87. The molecule has 98 valence electrons. The lowest BCUT2D eigenvalue weighted by molar-refractivity contribution is -0.114. The number of hydrogen-bond acceptors (Lipinski definition) is 3. The Labute approximate surface area is 124 Å². The monoisotopic (exact) mass is 339 g/mol. The van der Waals surface area contributed by atoms with E-state index in [1.807, 2.05) is 24.3 Å². The van der Waals surface area contributed by atoms with Crippen molar-refractivity contribution in [3.05, 3.63) is 46.0 Å². The molecule has 1 aromatic heterocycles. The van der Waals surface area contributed by atoms with Gasteiger partial charge in [-0.05, 0) is 46.3 Å². The molecule has 19 heavy (non-hydrogen) atoms. The van der Waals surface area contributed by atoms with Gasteiger partial charge >= 0.3 is 0 Å². The molecule has 0 aliphatic heterocycles. The number of rotatable bonds is 3. The van der Waals surface area contributed by atoms with Crippen molar-refractivity contribution in [2.45, 2.75) is 6.92 Å². The Hall–Kier alpha value is -1.59. The van der Waals surface area contributed by atoms with Gasteiger partial charge in [0.25, 0.3) is 0 Å². The standard InChI is InChI=1S/C13H11BrClN3O/c1-8(19)17-10-2-4-11(5-3-10)18-13-12(14)6-9(15)7-16-13/h2-7H,1H3,(H,16,18)(H,17,19). The average Bonchev–Trinajstić information content (AvgIpc) is 2.34. The van der Waals surface area contributed by atoms with E-state index in [-0.39, 0.29) is 5.91 Å². The first kappa shape index (κ1) is 13.8. The Morgan fingerprint density at radius 3 is 2.47 bits per heavy atom. The third-order valence-electron chi connectivity index (χ3n) is 2.28. The number of aromatic nitrogens is 1. The second kappa shape index (κ2) is 6.04. The summed E-state index contributed by atoms with van der Waals surface area (Å²) < 4.78 is 0.783. The molecule has 0 saturated heterocycles. The molecular formula is C13H11BrClN3O. The molecule has 1 heterocycles. The zero-order valence-electron chi connectivity index (χ0n) is 10.1. The van der Waals surface area contributed by atoms with Crippen LogP contribution in [0.5, 0.6) is 0 Å². The smallest absolute Gasteiger partial charge is 0.221 e. The van der Waals surface area contributed by atoms with E-state index >= 15 is 0 Å². The summed E-state index contributed by atoms with van der Waals surface area (Å²) in [6.07, 6.45) is 1.57. The minimum Gasteiger partial charge on any atom is -0.339 e. The van der Waals surface area contributed by atoms with Gasteiger partial charge in [0.15, 0.2) is 0 Å². The van der Waals surface area contributed by atoms with E-state index in [0.717, 1.165) is 15.8 Å². The van der Waals surface area contributed by atoms with E-state index in [0.29, 0.717) is 10.8 Å². The van der Waals surface area contributed by atoms with Crippen molar-refractivity contribution < 1.29 is 4.79 Å². The summed E-state index contributed by atoms with van der Waals surface area (Å²) in [4.78, 5) is 15.1. The Morgan fingerprint density at radius 2 is 1.89 bits per heavy atom. The van der Waals surface area contributed by atoms with Gasteiger partial charge in [0.05, 0.1) is 9.50 Å². The summed E-state index contributed by atoms with van der Waals surface area (Å²) in [5.41, 5.74) is 1.62.